The van der Waals surface area contributed by atoms with E-state index in [1.165, 1.54) is 12.3 Å². The summed E-state index contributed by atoms with van der Waals surface area (Å²) in [5.74, 6) is -0.00605. The van der Waals surface area contributed by atoms with Crippen molar-refractivity contribution in [2.45, 2.75) is 44.1 Å². The fourth-order valence-electron chi connectivity index (χ4n) is 1.67. The van der Waals surface area contributed by atoms with E-state index in [9.17, 15) is 9.59 Å². The second-order valence-corrected chi connectivity index (χ2v) is 6.44. The average molecular weight is 362 g/mol. The molecule has 9 heteroatoms. The molecule has 7 nitrogen and oxygen atoms in total. The number of alkyl carbamates (subject to hydrolysis) is 1. The average Bonchev–Trinajstić information content (AvgIpc) is 2.41. The molecule has 1 aromatic heterocycles. The molecule has 0 unspecified atom stereocenters. The van der Waals surface area contributed by atoms with Crippen molar-refractivity contribution in [1.29, 1.82) is 0 Å². The molecule has 0 saturated carbocycles. The molecule has 0 aliphatic heterocycles. The van der Waals surface area contributed by atoms with Crippen LogP contribution in [0, 0.1) is 0 Å². The van der Waals surface area contributed by atoms with E-state index < -0.39 is 17.6 Å². The largest absolute Gasteiger partial charge is 1.00 e. The number of hydrogen-bond donors (Lipinski definition) is 3. The number of aromatic nitrogens is 1. The Kier molecular flexibility index (Phi) is 10.2. The monoisotopic (exact) mass is 362 g/mol. The van der Waals surface area contributed by atoms with Crippen molar-refractivity contribution in [3.8, 4) is 0 Å². The molecule has 128 valence electrons. The summed E-state index contributed by atoms with van der Waals surface area (Å²) in [5.41, 5.74) is 4.96. The van der Waals surface area contributed by atoms with Gasteiger partial charge in [-0.1, -0.05) is 6.07 Å². The van der Waals surface area contributed by atoms with Crippen molar-refractivity contribution in [3.05, 3.63) is 17.8 Å². The summed E-state index contributed by atoms with van der Waals surface area (Å²) < 4.78 is 5.13. The van der Waals surface area contributed by atoms with Gasteiger partial charge in [-0.2, -0.15) is 0 Å². The third-order valence-electron chi connectivity index (χ3n) is 2.70. The maximum Gasteiger partial charge on any atom is 1.00 e. The standard InChI is InChI=1S/C15H24N4O3S.Na/c1-15(2,3)22-14(21)18-7-5-4-6-17-13-11(23)8-10(9-19-13)12(16)20;/h8-9,23H,4-7H2,1-3H3,(H2,16,20)(H,17,19)(H,18,21);/q;+1/p-1. The number of amides is 2. The molecule has 2 amide bonds. The minimum absolute atomic E-state index is 0. The second kappa shape index (κ2) is 10.7. The molecule has 0 saturated heterocycles. The predicted molar refractivity (Wildman–Crippen MR) is 90.3 cm³/mol. The first-order valence-electron chi connectivity index (χ1n) is 7.36. The van der Waals surface area contributed by atoms with E-state index in [2.05, 4.69) is 15.6 Å². The molecule has 4 N–H and O–H groups in total. The molecular weight excluding hydrogens is 339 g/mol. The molecule has 0 aliphatic rings. The number of pyridine rings is 1. The molecule has 1 rings (SSSR count). The van der Waals surface area contributed by atoms with Gasteiger partial charge in [0.05, 0.1) is 5.56 Å². The van der Waals surface area contributed by atoms with E-state index in [1.54, 1.807) is 0 Å². The van der Waals surface area contributed by atoms with Gasteiger partial charge < -0.3 is 33.7 Å². The quantitative estimate of drug-likeness (QED) is 0.320. The smallest absolute Gasteiger partial charge is 0.776 e. The van der Waals surface area contributed by atoms with Gasteiger partial charge in [0.15, 0.2) is 0 Å². The number of carbonyl (C=O) groups is 2. The van der Waals surface area contributed by atoms with Gasteiger partial charge in [-0.3, -0.25) is 4.79 Å². The Morgan fingerprint density at radius 2 is 1.92 bits per heavy atom. The number of unbranched alkanes of at least 4 members (excludes halogenated alkanes) is 1. The zero-order chi connectivity index (χ0) is 17.5. The van der Waals surface area contributed by atoms with Crippen molar-refractivity contribution in [2.75, 3.05) is 18.4 Å². The van der Waals surface area contributed by atoms with Crippen LogP contribution in [0.25, 0.3) is 0 Å². The van der Waals surface area contributed by atoms with Crippen molar-refractivity contribution < 1.29 is 43.9 Å². The van der Waals surface area contributed by atoms with Crippen LogP contribution in [0.4, 0.5) is 10.6 Å². The molecule has 0 aliphatic carbocycles. The topological polar surface area (TPSA) is 106 Å². The summed E-state index contributed by atoms with van der Waals surface area (Å²) in [6.45, 7) is 6.64. The number of carbonyl (C=O) groups excluding carboxylic acids is 2. The van der Waals surface area contributed by atoms with Crippen LogP contribution in [0.2, 0.25) is 0 Å². The van der Waals surface area contributed by atoms with Gasteiger partial charge in [-0.05, 0) is 33.6 Å². The van der Waals surface area contributed by atoms with E-state index in [0.29, 0.717) is 29.4 Å². The van der Waals surface area contributed by atoms with Crippen LogP contribution >= 0.6 is 0 Å². The van der Waals surface area contributed by atoms with Crippen LogP contribution in [0.1, 0.15) is 44.0 Å². The zero-order valence-corrected chi connectivity index (χ0v) is 17.5. The van der Waals surface area contributed by atoms with E-state index >= 15 is 0 Å². The first-order valence-corrected chi connectivity index (χ1v) is 7.77. The fourth-order valence-corrected chi connectivity index (χ4v) is 1.93. The minimum atomic E-state index is -0.552. The number of nitrogens with one attached hydrogen (secondary N) is 2. The van der Waals surface area contributed by atoms with Gasteiger partial charge in [0.25, 0.3) is 0 Å². The molecule has 1 aromatic rings. The SMILES string of the molecule is CC(C)(C)OC(=O)NCCCCNc1ncc(C(N)=O)cc1[S-].[Na+]. The van der Waals surface area contributed by atoms with Crippen LogP contribution in [-0.4, -0.2) is 35.7 Å². The molecule has 0 spiro atoms. The summed E-state index contributed by atoms with van der Waals surface area (Å²) >= 11 is 5.14. The summed E-state index contributed by atoms with van der Waals surface area (Å²) in [7, 11) is 0. The molecule has 0 aromatic carbocycles. The number of hydrogen-bond acceptors (Lipinski definition) is 6. The second-order valence-electron chi connectivity index (χ2n) is 6.00. The van der Waals surface area contributed by atoms with Crippen molar-refractivity contribution in [1.82, 2.24) is 10.3 Å². The van der Waals surface area contributed by atoms with Crippen LogP contribution in [0.3, 0.4) is 0 Å². The summed E-state index contributed by atoms with van der Waals surface area (Å²) in [6.07, 6.45) is 2.59. The first-order chi connectivity index (χ1) is 10.7. The Morgan fingerprint density at radius 3 is 2.46 bits per heavy atom. The third-order valence-corrected chi connectivity index (χ3v) is 3.01. The van der Waals surface area contributed by atoms with Gasteiger partial charge >= 0.3 is 35.7 Å². The van der Waals surface area contributed by atoms with E-state index in [1.807, 2.05) is 20.8 Å². The summed E-state index contributed by atoms with van der Waals surface area (Å²) in [5, 5.41) is 5.79. The van der Waals surface area contributed by atoms with Crippen molar-refractivity contribution in [3.63, 3.8) is 0 Å². The van der Waals surface area contributed by atoms with Crippen LogP contribution in [0.15, 0.2) is 17.2 Å². The van der Waals surface area contributed by atoms with Gasteiger partial charge in [-0.15, -0.1) is 4.90 Å². The molecule has 1 heterocycles. The van der Waals surface area contributed by atoms with Crippen molar-refractivity contribution >= 4 is 30.4 Å². The summed E-state index contributed by atoms with van der Waals surface area (Å²) in [6, 6.07) is 1.52. The van der Waals surface area contributed by atoms with E-state index in [0.717, 1.165) is 12.8 Å². The fraction of sp³-hybridized carbons (Fsp3) is 0.533. The zero-order valence-electron chi connectivity index (χ0n) is 14.6. The third kappa shape index (κ3) is 9.27. The summed E-state index contributed by atoms with van der Waals surface area (Å²) in [4.78, 5) is 27.0. The maximum absolute atomic E-state index is 11.4. The van der Waals surface area contributed by atoms with Gasteiger partial charge in [0.2, 0.25) is 5.91 Å². The molecule has 0 fully saturated rings. The number of nitrogens with zero attached hydrogens (tertiary/aromatic N) is 1. The van der Waals surface area contributed by atoms with Gasteiger partial charge in [0, 0.05) is 19.3 Å². The van der Waals surface area contributed by atoms with Crippen molar-refractivity contribution in [2.24, 2.45) is 5.73 Å². The van der Waals surface area contributed by atoms with E-state index in [4.69, 9.17) is 23.1 Å². The van der Waals surface area contributed by atoms with Gasteiger partial charge in [0.1, 0.15) is 11.4 Å². The predicted octanol–water partition coefficient (Wildman–Crippen LogP) is -1.19. The maximum atomic E-state index is 11.4. The number of primary amides is 1. The Morgan fingerprint density at radius 1 is 1.29 bits per heavy atom. The Hall–Kier alpha value is -1.09. The molecular formula is C15H23N4NaO3S. The van der Waals surface area contributed by atoms with Crippen LogP contribution in [0.5, 0.6) is 0 Å². The normalized spacial score (nSPS) is 10.5. The minimum Gasteiger partial charge on any atom is -0.776 e. The first kappa shape index (κ1) is 22.9. The van der Waals surface area contributed by atoms with E-state index in [-0.39, 0.29) is 29.6 Å². The number of ether oxygens (including phenoxy) is 1. The number of anilines is 1. The van der Waals surface area contributed by atoms with Crippen LogP contribution < -0.4 is 45.9 Å². The molecule has 24 heavy (non-hydrogen) atoms. The Labute approximate surface area is 170 Å². The molecule has 0 bridgehead atoms. The number of nitrogens with two attached hydrogens (primary N) is 1. The molecule has 0 radical (unpaired) electrons. The Balaban J connectivity index is 0.00000529. The van der Waals surface area contributed by atoms with Gasteiger partial charge in [-0.25, -0.2) is 9.78 Å². The molecule has 0 atom stereocenters. The Bertz CT molecular complexity index is 564. The number of rotatable bonds is 7. The van der Waals surface area contributed by atoms with Crippen LogP contribution in [-0.2, 0) is 17.4 Å².